The van der Waals surface area contributed by atoms with Gasteiger partial charge >= 0.3 is 11.9 Å². The highest BCUT2D eigenvalue weighted by Gasteiger charge is 2.38. The van der Waals surface area contributed by atoms with Gasteiger partial charge in [0.2, 0.25) is 11.8 Å². The Morgan fingerprint density at radius 3 is 1.90 bits per heavy atom. The molecule has 3 rings (SSSR count). The number of carboxylic acid groups (broad SMARTS) is 1. The summed E-state index contributed by atoms with van der Waals surface area (Å²) < 4.78 is 15.5. The molecule has 2 fully saturated rings. The molecule has 0 saturated carbocycles. The Morgan fingerprint density at radius 1 is 0.800 bits per heavy atom. The molecular formula is C31H46N4O14S. The number of nitrogens with zero attached hydrogens (tertiary/aromatic N) is 3. The number of amides is 6. The van der Waals surface area contributed by atoms with E-state index in [0.717, 1.165) is 29.9 Å². The minimum atomic E-state index is -0.851. The van der Waals surface area contributed by atoms with Crippen molar-refractivity contribution < 1.29 is 67.3 Å². The molecule has 2 saturated heterocycles. The van der Waals surface area contributed by atoms with Crippen LogP contribution in [-0.4, -0.2) is 144 Å². The quantitative estimate of drug-likeness (QED) is 0.113. The van der Waals surface area contributed by atoms with Gasteiger partial charge in [-0.3, -0.25) is 48.2 Å². The van der Waals surface area contributed by atoms with Crippen molar-refractivity contribution in [2.24, 2.45) is 5.73 Å². The summed E-state index contributed by atoms with van der Waals surface area (Å²) in [5, 5.41) is 7.98. The van der Waals surface area contributed by atoms with Gasteiger partial charge in [-0.05, 0) is 19.1 Å². The Balaban J connectivity index is 0.000000440. The van der Waals surface area contributed by atoms with Crippen LogP contribution in [0.25, 0.3) is 0 Å². The molecule has 6 amide bonds. The third-order valence-corrected chi connectivity index (χ3v) is 7.83. The summed E-state index contributed by atoms with van der Waals surface area (Å²) in [4.78, 5) is 108. The lowest BCUT2D eigenvalue weighted by molar-refractivity contribution is -0.197. The van der Waals surface area contributed by atoms with Crippen molar-refractivity contribution in [1.29, 1.82) is 0 Å². The highest BCUT2D eigenvalue weighted by atomic mass is 32.2. The largest absolute Gasteiger partial charge is 0.481 e. The van der Waals surface area contributed by atoms with E-state index in [2.05, 4.69) is 4.84 Å². The summed E-state index contributed by atoms with van der Waals surface area (Å²) in [6.45, 7) is 3.10. The smallest absolute Gasteiger partial charge is 0.335 e. The van der Waals surface area contributed by atoms with Gasteiger partial charge in [0.15, 0.2) is 0 Å². The van der Waals surface area contributed by atoms with Crippen LogP contribution in [0.15, 0.2) is 12.2 Å². The number of unbranched alkanes of at least 4 members (excludes halogenated alkanes) is 1. The number of ether oxygens (including phenoxy) is 3. The molecule has 1 unspecified atom stereocenters. The van der Waals surface area contributed by atoms with Crippen molar-refractivity contribution in [2.45, 2.75) is 63.0 Å². The summed E-state index contributed by atoms with van der Waals surface area (Å²) in [6, 6.07) is 0. The van der Waals surface area contributed by atoms with E-state index in [4.69, 9.17) is 25.1 Å². The maximum absolute atomic E-state index is 11.9. The molecule has 0 bridgehead atoms. The monoisotopic (exact) mass is 730 g/mol. The molecule has 3 aliphatic rings. The normalized spacial score (nSPS) is 16.9. The standard InChI is InChI=1S/C17H29NO6S.C11H10N2O6.C3H7NO2/c1-22-9-10-24-12-11-23-8-4-3-5-14(19)6-7-18-16(20)13-15(25-2)17(18)21;14-7-1-2-8(15)12(7)6-5-11(18)19-13-9(16)3-4-10(13)17;4-2-1-3(5)6/h15H,3-13H2,1-2H3;1-2H,3-6H2;1-2,4H2,(H,5,6). The minimum absolute atomic E-state index is 0.0130. The van der Waals surface area contributed by atoms with Crippen molar-refractivity contribution in [2.75, 3.05) is 66.0 Å². The van der Waals surface area contributed by atoms with E-state index in [0.29, 0.717) is 44.5 Å². The number of thioether (sulfide) groups is 1. The van der Waals surface area contributed by atoms with Gasteiger partial charge in [0.05, 0.1) is 44.5 Å². The SMILES string of the molecule is COCCOCCOCCCCC(=O)CCN1C(=O)CC(SC)C1=O.NCCC(=O)O.O=C(CCN1C(=O)C=CC1=O)ON1C(=O)CCC1=O. The van der Waals surface area contributed by atoms with Crippen LogP contribution in [0.2, 0.25) is 0 Å². The Morgan fingerprint density at radius 2 is 1.38 bits per heavy atom. The predicted molar refractivity (Wildman–Crippen MR) is 175 cm³/mol. The van der Waals surface area contributed by atoms with Crippen molar-refractivity contribution >= 4 is 64.9 Å². The molecule has 0 aliphatic carbocycles. The summed E-state index contributed by atoms with van der Waals surface area (Å²) in [6.07, 6.45) is 6.33. The van der Waals surface area contributed by atoms with E-state index in [9.17, 15) is 43.2 Å². The average Bonchev–Trinajstić information content (AvgIpc) is 3.67. The molecule has 0 aromatic heterocycles. The van der Waals surface area contributed by atoms with Gasteiger partial charge in [0.25, 0.3) is 23.6 Å². The third kappa shape index (κ3) is 17.1. The maximum Gasteiger partial charge on any atom is 0.335 e. The number of hydrogen-bond acceptors (Lipinski definition) is 15. The van der Waals surface area contributed by atoms with Crippen LogP contribution in [0.3, 0.4) is 0 Å². The number of carbonyl (C=O) groups is 9. The van der Waals surface area contributed by atoms with E-state index in [1.54, 1.807) is 7.11 Å². The number of aliphatic carboxylic acids is 1. The van der Waals surface area contributed by atoms with E-state index >= 15 is 0 Å². The number of carboxylic acids is 1. The zero-order valence-corrected chi connectivity index (χ0v) is 29.2. The van der Waals surface area contributed by atoms with Crippen LogP contribution >= 0.6 is 11.8 Å². The highest BCUT2D eigenvalue weighted by Crippen LogP contribution is 2.23. The number of likely N-dealkylation sites (tertiary alicyclic amines) is 1. The van der Waals surface area contributed by atoms with E-state index in [1.807, 2.05) is 6.26 Å². The first-order chi connectivity index (χ1) is 23.9. The van der Waals surface area contributed by atoms with Gasteiger partial charge in [-0.25, -0.2) is 4.79 Å². The summed E-state index contributed by atoms with van der Waals surface area (Å²) in [7, 11) is 1.63. The molecule has 1 atom stereocenters. The first-order valence-electron chi connectivity index (χ1n) is 15.9. The lowest BCUT2D eigenvalue weighted by Gasteiger charge is -2.15. The zero-order valence-electron chi connectivity index (χ0n) is 28.3. The molecule has 0 spiro atoms. The van der Waals surface area contributed by atoms with Crippen molar-refractivity contribution in [3.63, 3.8) is 0 Å². The number of imide groups is 3. The zero-order chi connectivity index (χ0) is 37.5. The van der Waals surface area contributed by atoms with Crippen LogP contribution in [-0.2, 0) is 62.2 Å². The molecular weight excluding hydrogens is 684 g/mol. The van der Waals surface area contributed by atoms with Crippen LogP contribution < -0.4 is 5.73 Å². The number of methoxy groups -OCH3 is 1. The molecule has 19 heteroatoms. The second-order valence-corrected chi connectivity index (χ2v) is 11.7. The highest BCUT2D eigenvalue weighted by molar-refractivity contribution is 8.00. The number of ketones is 1. The molecule has 50 heavy (non-hydrogen) atoms. The Bertz CT molecular complexity index is 1210. The summed E-state index contributed by atoms with van der Waals surface area (Å²) in [5.74, 6) is -4.10. The fourth-order valence-corrected chi connectivity index (χ4v) is 4.85. The number of hydroxylamine groups is 2. The van der Waals surface area contributed by atoms with Crippen molar-refractivity contribution in [1.82, 2.24) is 14.9 Å². The number of nitrogens with two attached hydrogens (primary N) is 1. The first-order valence-corrected chi connectivity index (χ1v) is 17.2. The molecule has 0 aromatic rings. The Labute approximate surface area is 293 Å². The second kappa shape index (κ2) is 25.0. The van der Waals surface area contributed by atoms with Gasteiger partial charge < -0.3 is 29.9 Å². The lowest BCUT2D eigenvalue weighted by atomic mass is 10.1. The van der Waals surface area contributed by atoms with Crippen LogP contribution in [0.1, 0.15) is 57.8 Å². The first kappa shape index (κ1) is 44.0. The van der Waals surface area contributed by atoms with Crippen molar-refractivity contribution in [3.8, 4) is 0 Å². The lowest BCUT2D eigenvalue weighted by Crippen LogP contribution is -2.35. The van der Waals surface area contributed by atoms with Crippen LogP contribution in [0.4, 0.5) is 0 Å². The molecule has 3 heterocycles. The average molecular weight is 731 g/mol. The Kier molecular flexibility index (Phi) is 22.0. The maximum atomic E-state index is 11.9. The number of Topliss-reactive ketones (excluding diaryl/α,β-unsaturated/α-hetero) is 1. The number of carbonyl (C=O) groups excluding carboxylic acids is 8. The second-order valence-electron chi connectivity index (χ2n) is 10.7. The van der Waals surface area contributed by atoms with Crippen LogP contribution in [0, 0.1) is 0 Å². The van der Waals surface area contributed by atoms with E-state index < -0.39 is 35.6 Å². The fraction of sp³-hybridized carbons (Fsp3) is 0.645. The van der Waals surface area contributed by atoms with Crippen LogP contribution in [0.5, 0.6) is 0 Å². The molecule has 0 aromatic carbocycles. The van der Waals surface area contributed by atoms with Gasteiger partial charge in [-0.15, -0.1) is 5.06 Å². The fourth-order valence-electron chi connectivity index (χ4n) is 4.21. The third-order valence-electron chi connectivity index (χ3n) is 6.90. The van der Waals surface area contributed by atoms with E-state index in [1.165, 1.54) is 16.7 Å². The van der Waals surface area contributed by atoms with Gasteiger partial charge in [0.1, 0.15) is 5.78 Å². The number of hydrogen-bond donors (Lipinski definition) is 2. The van der Waals surface area contributed by atoms with E-state index in [-0.39, 0.29) is 81.0 Å². The van der Waals surface area contributed by atoms with Gasteiger partial charge in [-0.1, -0.05) is 0 Å². The van der Waals surface area contributed by atoms with Gasteiger partial charge in [-0.2, -0.15) is 11.8 Å². The van der Waals surface area contributed by atoms with Gasteiger partial charge in [0, 0.05) is 77.6 Å². The Hall–Kier alpha value is -4.04. The topological polar surface area (TPSA) is 247 Å². The predicted octanol–water partition coefficient (Wildman–Crippen LogP) is -0.385. The molecule has 280 valence electrons. The summed E-state index contributed by atoms with van der Waals surface area (Å²) in [5.41, 5.74) is 4.85. The molecule has 3 N–H and O–H groups in total. The molecule has 18 nitrogen and oxygen atoms in total. The molecule has 3 aliphatic heterocycles. The molecule has 0 radical (unpaired) electrons. The van der Waals surface area contributed by atoms with Crippen molar-refractivity contribution in [3.05, 3.63) is 12.2 Å². The minimum Gasteiger partial charge on any atom is -0.481 e. The summed E-state index contributed by atoms with van der Waals surface area (Å²) >= 11 is 1.38. The number of rotatable bonds is 21.